The number of halogens is 6. The summed E-state index contributed by atoms with van der Waals surface area (Å²) in [4.78, 5) is 11.9. The quantitative estimate of drug-likeness (QED) is 0.626. The standard InChI is InChI=1S/C13H7Cl6N3O2/c14-12(15,16)11(13(17,18)19,10-21-4-20-5-22-10)7-1-2-8-9(3-7)24-6-23-8/h1-5H,6H2. The third kappa shape index (κ3) is 2.85. The molecule has 3 rings (SSSR count). The van der Waals surface area contributed by atoms with E-state index in [1.165, 1.54) is 12.7 Å². The lowest BCUT2D eigenvalue weighted by molar-refractivity contribution is 0.174. The van der Waals surface area contributed by atoms with E-state index in [0.717, 1.165) is 0 Å². The number of benzene rings is 1. The van der Waals surface area contributed by atoms with Crippen molar-refractivity contribution >= 4 is 69.6 Å². The van der Waals surface area contributed by atoms with Crippen molar-refractivity contribution in [2.75, 3.05) is 6.79 Å². The predicted octanol–water partition coefficient (Wildman–Crippen LogP) is 4.63. The number of rotatable bonds is 2. The van der Waals surface area contributed by atoms with Gasteiger partial charge in [0, 0.05) is 0 Å². The number of nitrogens with zero attached hydrogens (tertiary/aromatic N) is 3. The number of hydrogen-bond donors (Lipinski definition) is 0. The number of fused-ring (bicyclic) bond motifs is 1. The summed E-state index contributed by atoms with van der Waals surface area (Å²) in [6.07, 6.45) is 2.44. The van der Waals surface area contributed by atoms with Crippen LogP contribution in [0.1, 0.15) is 11.4 Å². The lowest BCUT2D eigenvalue weighted by Gasteiger charge is -2.43. The average Bonchev–Trinajstić information content (AvgIpc) is 2.93. The Bertz CT molecular complexity index is 734. The van der Waals surface area contributed by atoms with Gasteiger partial charge in [0.05, 0.1) is 0 Å². The third-order valence-corrected chi connectivity index (χ3v) is 5.19. The highest BCUT2D eigenvalue weighted by Gasteiger charge is 2.65. The van der Waals surface area contributed by atoms with Gasteiger partial charge in [-0.25, -0.2) is 15.0 Å². The van der Waals surface area contributed by atoms with Crippen LogP contribution in [0.25, 0.3) is 0 Å². The fraction of sp³-hybridized carbons (Fsp3) is 0.308. The summed E-state index contributed by atoms with van der Waals surface area (Å²) in [6, 6.07) is 4.79. The van der Waals surface area contributed by atoms with Crippen LogP contribution in [-0.2, 0) is 5.41 Å². The van der Waals surface area contributed by atoms with Gasteiger partial charge in [-0.1, -0.05) is 75.7 Å². The first-order valence-electron chi connectivity index (χ1n) is 6.34. The molecular weight excluding hydrogens is 443 g/mol. The molecule has 0 N–H and O–H groups in total. The largest absolute Gasteiger partial charge is 0.454 e. The molecule has 0 aliphatic carbocycles. The number of aromatic nitrogens is 3. The molecule has 2 aromatic rings. The molecule has 0 unspecified atom stereocenters. The Morgan fingerprint density at radius 1 is 0.833 bits per heavy atom. The molecule has 0 radical (unpaired) electrons. The number of alkyl halides is 6. The first-order chi connectivity index (χ1) is 11.2. The molecule has 0 atom stereocenters. The van der Waals surface area contributed by atoms with Gasteiger partial charge in [0.25, 0.3) is 0 Å². The Balaban J connectivity index is 2.34. The Hall–Kier alpha value is -0.430. The van der Waals surface area contributed by atoms with Gasteiger partial charge in [0.1, 0.15) is 18.1 Å². The van der Waals surface area contributed by atoms with Crippen molar-refractivity contribution in [1.82, 2.24) is 15.0 Å². The second-order valence-electron chi connectivity index (χ2n) is 4.78. The summed E-state index contributed by atoms with van der Waals surface area (Å²) in [6.45, 7) is 0.0685. The molecule has 1 aromatic heterocycles. The van der Waals surface area contributed by atoms with E-state index in [0.29, 0.717) is 17.1 Å². The van der Waals surface area contributed by atoms with Crippen LogP contribution in [0.5, 0.6) is 11.5 Å². The summed E-state index contributed by atoms with van der Waals surface area (Å²) in [7, 11) is 0. The van der Waals surface area contributed by atoms with E-state index in [2.05, 4.69) is 15.0 Å². The molecule has 0 spiro atoms. The average molecular weight is 450 g/mol. The summed E-state index contributed by atoms with van der Waals surface area (Å²) in [5.74, 6) is 0.933. The minimum Gasteiger partial charge on any atom is -0.454 e. The smallest absolute Gasteiger partial charge is 0.231 e. The summed E-state index contributed by atoms with van der Waals surface area (Å²) < 4.78 is 6.41. The van der Waals surface area contributed by atoms with E-state index in [1.54, 1.807) is 18.2 Å². The highest BCUT2D eigenvalue weighted by molar-refractivity contribution is 6.74. The van der Waals surface area contributed by atoms with Crippen LogP contribution in [0.2, 0.25) is 0 Å². The maximum Gasteiger partial charge on any atom is 0.231 e. The molecule has 5 nitrogen and oxygen atoms in total. The van der Waals surface area contributed by atoms with E-state index in [9.17, 15) is 0 Å². The van der Waals surface area contributed by atoms with Gasteiger partial charge in [-0.15, -0.1) is 0 Å². The Morgan fingerprint density at radius 2 is 1.42 bits per heavy atom. The molecule has 0 saturated heterocycles. The molecule has 2 heterocycles. The van der Waals surface area contributed by atoms with Gasteiger partial charge in [-0.05, 0) is 17.7 Å². The van der Waals surface area contributed by atoms with Crippen molar-refractivity contribution in [1.29, 1.82) is 0 Å². The highest BCUT2D eigenvalue weighted by atomic mass is 35.6. The van der Waals surface area contributed by atoms with Crippen molar-refractivity contribution in [2.45, 2.75) is 13.0 Å². The van der Waals surface area contributed by atoms with Crippen LogP contribution in [0.4, 0.5) is 0 Å². The molecule has 1 aliphatic rings. The second-order valence-corrected chi connectivity index (χ2v) is 9.34. The Labute approximate surface area is 167 Å². The first kappa shape index (κ1) is 18.4. The van der Waals surface area contributed by atoms with Crippen molar-refractivity contribution in [2.24, 2.45) is 0 Å². The molecule has 24 heavy (non-hydrogen) atoms. The zero-order valence-electron chi connectivity index (χ0n) is 11.5. The minimum absolute atomic E-state index is 0.0173. The lowest BCUT2D eigenvalue weighted by atomic mass is 9.81. The molecule has 0 bridgehead atoms. The van der Waals surface area contributed by atoms with Gasteiger partial charge in [-0.3, -0.25) is 0 Å². The van der Waals surface area contributed by atoms with Crippen molar-refractivity contribution in [3.8, 4) is 11.5 Å². The van der Waals surface area contributed by atoms with Gasteiger partial charge >= 0.3 is 0 Å². The normalized spacial score (nSPS) is 14.8. The van der Waals surface area contributed by atoms with Crippen LogP contribution in [0.3, 0.4) is 0 Å². The van der Waals surface area contributed by atoms with Crippen LogP contribution >= 0.6 is 69.6 Å². The van der Waals surface area contributed by atoms with Crippen LogP contribution in [0.15, 0.2) is 30.9 Å². The van der Waals surface area contributed by atoms with Crippen LogP contribution < -0.4 is 9.47 Å². The molecule has 0 saturated carbocycles. The first-order valence-corrected chi connectivity index (χ1v) is 8.61. The number of hydrogen-bond acceptors (Lipinski definition) is 5. The molecule has 1 aromatic carbocycles. The van der Waals surface area contributed by atoms with Crippen LogP contribution in [0, 0.1) is 0 Å². The fourth-order valence-electron chi connectivity index (χ4n) is 2.43. The van der Waals surface area contributed by atoms with Gasteiger partial charge in [-0.2, -0.15) is 0 Å². The molecule has 11 heteroatoms. The van der Waals surface area contributed by atoms with E-state index in [1.807, 2.05) is 0 Å². The van der Waals surface area contributed by atoms with Gasteiger partial charge < -0.3 is 9.47 Å². The third-order valence-electron chi connectivity index (χ3n) is 3.48. The van der Waals surface area contributed by atoms with Crippen molar-refractivity contribution in [3.05, 3.63) is 42.2 Å². The lowest BCUT2D eigenvalue weighted by Crippen LogP contribution is -2.52. The summed E-state index contributed by atoms with van der Waals surface area (Å²) >= 11 is 37.6. The van der Waals surface area contributed by atoms with E-state index >= 15 is 0 Å². The van der Waals surface area contributed by atoms with Gasteiger partial charge in [0.15, 0.2) is 17.3 Å². The Morgan fingerprint density at radius 3 is 2.00 bits per heavy atom. The van der Waals surface area contributed by atoms with E-state index in [-0.39, 0.29) is 12.6 Å². The highest BCUT2D eigenvalue weighted by Crippen LogP contribution is 2.61. The monoisotopic (exact) mass is 447 g/mol. The van der Waals surface area contributed by atoms with E-state index in [4.69, 9.17) is 79.1 Å². The maximum absolute atomic E-state index is 6.27. The molecular formula is C13H7Cl6N3O2. The molecule has 0 amide bonds. The van der Waals surface area contributed by atoms with Gasteiger partial charge in [0.2, 0.25) is 14.4 Å². The van der Waals surface area contributed by atoms with Crippen LogP contribution in [-0.4, -0.2) is 29.3 Å². The van der Waals surface area contributed by atoms with Crippen molar-refractivity contribution < 1.29 is 9.47 Å². The topological polar surface area (TPSA) is 57.1 Å². The predicted molar refractivity (Wildman–Crippen MR) is 93.8 cm³/mol. The SMILES string of the molecule is ClC(Cl)(Cl)C(c1ccc2c(c1)OCO2)(c1ncncn1)C(Cl)(Cl)Cl. The molecule has 128 valence electrons. The second kappa shape index (κ2) is 6.38. The summed E-state index contributed by atoms with van der Waals surface area (Å²) in [5, 5.41) is 0. The molecule has 0 fully saturated rings. The zero-order valence-corrected chi connectivity index (χ0v) is 16.1. The molecule has 1 aliphatic heterocycles. The zero-order chi connectivity index (χ0) is 17.6. The van der Waals surface area contributed by atoms with E-state index < -0.39 is 13.0 Å². The fourth-order valence-corrected chi connectivity index (χ4v) is 4.88. The van der Waals surface area contributed by atoms with Crippen molar-refractivity contribution in [3.63, 3.8) is 0 Å². The minimum atomic E-state index is -2.12. The summed E-state index contributed by atoms with van der Waals surface area (Å²) in [5.41, 5.74) is -1.50. The Kier molecular flexibility index (Phi) is 4.88. The number of ether oxygens (including phenoxy) is 2. The maximum atomic E-state index is 6.27.